The number of nitrogens with one attached hydrogen (secondary N) is 2. The summed E-state index contributed by atoms with van der Waals surface area (Å²) in [6.45, 7) is 6.84. The predicted molar refractivity (Wildman–Crippen MR) is 170 cm³/mol. The number of urea groups is 1. The number of rotatable bonds is 8. The van der Waals surface area contributed by atoms with Gasteiger partial charge in [-0.05, 0) is 42.3 Å². The molecule has 1 saturated heterocycles. The van der Waals surface area contributed by atoms with E-state index in [1.54, 1.807) is 35.2 Å². The van der Waals surface area contributed by atoms with Crippen LogP contribution < -0.4 is 25.0 Å². The lowest BCUT2D eigenvalue weighted by molar-refractivity contribution is -0.117. The van der Waals surface area contributed by atoms with Crippen molar-refractivity contribution in [3.8, 4) is 33.8 Å². The van der Waals surface area contributed by atoms with Gasteiger partial charge in [-0.1, -0.05) is 32.1 Å². The number of hydrogen-bond donors (Lipinski definition) is 2. The molecule has 230 valence electrons. The van der Waals surface area contributed by atoms with Gasteiger partial charge in [0, 0.05) is 36.7 Å². The number of amides is 3. The maximum absolute atomic E-state index is 12.9. The number of benzene rings is 1. The first-order valence-electron chi connectivity index (χ1n) is 14.2. The molecule has 5 heterocycles. The van der Waals surface area contributed by atoms with E-state index < -0.39 is 6.03 Å². The van der Waals surface area contributed by atoms with Gasteiger partial charge in [-0.15, -0.1) is 0 Å². The molecule has 0 bridgehead atoms. The minimum atomic E-state index is -0.494. The monoisotopic (exact) mass is 625 g/mol. The summed E-state index contributed by atoms with van der Waals surface area (Å²) >= 11 is 1.48. The SMILES string of the molecule is COc1ccc(-n2nc(C(C)(C)C)cc2NC(=O)Nc2cnc(Oc3ccc(-c4cnc(N5CCCC5=O)s4)cc3)nc2)cn1. The topological polar surface area (TPSA) is 149 Å². The molecule has 1 aromatic carbocycles. The third-order valence-electron chi connectivity index (χ3n) is 6.93. The highest BCUT2D eigenvalue weighted by molar-refractivity contribution is 7.19. The predicted octanol–water partition coefficient (Wildman–Crippen LogP) is 6.05. The first-order chi connectivity index (χ1) is 21.7. The van der Waals surface area contributed by atoms with Crippen LogP contribution in [0.2, 0.25) is 0 Å². The van der Waals surface area contributed by atoms with Crippen LogP contribution in [0.1, 0.15) is 39.3 Å². The zero-order valence-electron chi connectivity index (χ0n) is 25.1. The maximum Gasteiger partial charge on any atom is 0.324 e. The Hall–Kier alpha value is -5.37. The van der Waals surface area contributed by atoms with Crippen LogP contribution in [0.3, 0.4) is 0 Å². The number of nitrogens with zero attached hydrogens (tertiary/aromatic N) is 7. The molecule has 45 heavy (non-hydrogen) atoms. The highest BCUT2D eigenvalue weighted by atomic mass is 32.1. The van der Waals surface area contributed by atoms with Crippen molar-refractivity contribution in [2.75, 3.05) is 29.2 Å². The molecule has 0 spiro atoms. The largest absolute Gasteiger partial charge is 0.481 e. The van der Waals surface area contributed by atoms with Crippen LogP contribution in [0, 0.1) is 0 Å². The Morgan fingerprint density at radius 3 is 2.38 bits per heavy atom. The van der Waals surface area contributed by atoms with Gasteiger partial charge in [0.25, 0.3) is 0 Å². The summed E-state index contributed by atoms with van der Waals surface area (Å²) in [6.07, 6.45) is 7.75. The Labute approximate surface area is 263 Å². The number of carbonyl (C=O) groups is 2. The second kappa shape index (κ2) is 12.3. The molecule has 13 nitrogen and oxygen atoms in total. The third-order valence-corrected chi connectivity index (χ3v) is 8.00. The van der Waals surface area contributed by atoms with Gasteiger partial charge in [-0.25, -0.2) is 29.4 Å². The highest BCUT2D eigenvalue weighted by Crippen LogP contribution is 2.34. The molecule has 4 aromatic heterocycles. The first kappa shape index (κ1) is 29.7. The Morgan fingerprint density at radius 1 is 0.956 bits per heavy atom. The molecule has 1 aliphatic rings. The van der Waals surface area contributed by atoms with Crippen LogP contribution >= 0.6 is 11.3 Å². The van der Waals surface area contributed by atoms with Gasteiger partial charge in [0.05, 0.1) is 47.6 Å². The molecule has 3 amide bonds. The normalized spacial score (nSPS) is 13.2. The Balaban J connectivity index is 1.08. The molecule has 14 heteroatoms. The van der Waals surface area contributed by atoms with Crippen molar-refractivity contribution in [1.29, 1.82) is 0 Å². The Morgan fingerprint density at radius 2 is 1.73 bits per heavy atom. The van der Waals surface area contributed by atoms with Crippen molar-refractivity contribution in [2.45, 2.75) is 39.0 Å². The van der Waals surface area contributed by atoms with E-state index in [4.69, 9.17) is 14.6 Å². The van der Waals surface area contributed by atoms with Crippen molar-refractivity contribution in [3.63, 3.8) is 0 Å². The van der Waals surface area contributed by atoms with Crippen molar-refractivity contribution in [3.05, 3.63) is 72.9 Å². The zero-order chi connectivity index (χ0) is 31.6. The number of thiazole rings is 1. The Bertz CT molecular complexity index is 1810. The van der Waals surface area contributed by atoms with E-state index in [9.17, 15) is 9.59 Å². The molecule has 0 unspecified atom stereocenters. The summed E-state index contributed by atoms with van der Waals surface area (Å²) in [7, 11) is 1.55. The number of methoxy groups -OCH3 is 1. The fourth-order valence-corrected chi connectivity index (χ4v) is 5.50. The van der Waals surface area contributed by atoms with Gasteiger partial charge in [-0.2, -0.15) is 5.10 Å². The first-order valence-corrected chi connectivity index (χ1v) is 15.0. The lowest BCUT2D eigenvalue weighted by Crippen LogP contribution is -2.23. The van der Waals surface area contributed by atoms with Gasteiger partial charge in [-0.3, -0.25) is 15.0 Å². The fraction of sp³-hybridized carbons (Fsp3) is 0.258. The minimum Gasteiger partial charge on any atom is -0.481 e. The molecule has 0 radical (unpaired) electrons. The van der Waals surface area contributed by atoms with Crippen LogP contribution in [0.25, 0.3) is 16.1 Å². The van der Waals surface area contributed by atoms with Crippen molar-refractivity contribution < 1.29 is 19.1 Å². The smallest absolute Gasteiger partial charge is 0.324 e. The summed E-state index contributed by atoms with van der Waals surface area (Å²) in [5.41, 5.74) is 2.54. The maximum atomic E-state index is 12.9. The average Bonchev–Trinajstić information content (AvgIpc) is 3.78. The van der Waals surface area contributed by atoms with Crippen LogP contribution in [0.4, 0.5) is 21.4 Å². The van der Waals surface area contributed by atoms with Gasteiger partial charge in [0.2, 0.25) is 11.8 Å². The molecule has 1 aliphatic heterocycles. The van der Waals surface area contributed by atoms with Crippen molar-refractivity contribution in [2.24, 2.45) is 0 Å². The van der Waals surface area contributed by atoms with E-state index in [2.05, 4.69) is 30.6 Å². The molecule has 5 aromatic rings. The third kappa shape index (κ3) is 6.75. The number of carbonyl (C=O) groups excluding carboxylic acids is 2. The Kier molecular flexibility index (Phi) is 8.13. The average molecular weight is 626 g/mol. The van der Waals surface area contributed by atoms with Gasteiger partial charge >= 0.3 is 12.0 Å². The highest BCUT2D eigenvalue weighted by Gasteiger charge is 2.25. The molecule has 6 rings (SSSR count). The molecule has 1 fully saturated rings. The molecular weight excluding hydrogens is 594 g/mol. The number of ether oxygens (including phenoxy) is 2. The molecule has 0 aliphatic carbocycles. The van der Waals surface area contributed by atoms with Crippen molar-refractivity contribution in [1.82, 2.24) is 29.7 Å². The molecule has 0 saturated carbocycles. The van der Waals surface area contributed by atoms with E-state index in [0.717, 1.165) is 27.7 Å². The number of anilines is 3. The van der Waals surface area contributed by atoms with Gasteiger partial charge in [0.1, 0.15) is 11.6 Å². The van der Waals surface area contributed by atoms with Crippen LogP contribution in [-0.2, 0) is 10.2 Å². The van der Waals surface area contributed by atoms with Crippen molar-refractivity contribution >= 4 is 39.9 Å². The number of pyridine rings is 1. The van der Waals surface area contributed by atoms with E-state index in [-0.39, 0.29) is 17.3 Å². The lowest BCUT2D eigenvalue weighted by atomic mass is 9.92. The number of hydrogen-bond acceptors (Lipinski definition) is 10. The summed E-state index contributed by atoms with van der Waals surface area (Å²) in [5, 5.41) is 11.0. The van der Waals surface area contributed by atoms with Crippen LogP contribution in [0.15, 0.2) is 67.3 Å². The van der Waals surface area contributed by atoms with Crippen LogP contribution in [0.5, 0.6) is 17.6 Å². The summed E-state index contributed by atoms with van der Waals surface area (Å²) in [5.74, 6) is 1.60. The van der Waals surface area contributed by atoms with E-state index >= 15 is 0 Å². The second-order valence-corrected chi connectivity index (χ2v) is 12.3. The van der Waals surface area contributed by atoms with Crippen LogP contribution in [-0.4, -0.2) is 55.3 Å². The van der Waals surface area contributed by atoms with E-state index in [0.29, 0.717) is 41.8 Å². The van der Waals surface area contributed by atoms with Gasteiger partial charge in [0.15, 0.2) is 5.13 Å². The quantitative estimate of drug-likeness (QED) is 0.210. The zero-order valence-corrected chi connectivity index (χ0v) is 26.0. The standard InChI is InChI=1S/C31H31N9O4S/c1-31(2,3)24-14-25(40(38-24)21-9-12-26(43-4)32-17-21)37-28(42)36-20-15-33-29(34-16-20)44-22-10-7-19(8-11-22)23-18-35-30(45-23)39-13-5-6-27(39)41/h7-12,14-18H,5-6,13H2,1-4H3,(H2,36,37,42). The number of aromatic nitrogens is 6. The fourth-order valence-electron chi connectivity index (χ4n) is 4.53. The van der Waals surface area contributed by atoms with E-state index in [1.165, 1.54) is 23.7 Å². The lowest BCUT2D eigenvalue weighted by Gasteiger charge is -2.14. The molecule has 0 atom stereocenters. The minimum absolute atomic E-state index is 0.117. The van der Waals surface area contributed by atoms with Gasteiger partial charge < -0.3 is 14.8 Å². The second-order valence-electron chi connectivity index (χ2n) is 11.3. The summed E-state index contributed by atoms with van der Waals surface area (Å²) < 4.78 is 12.6. The van der Waals surface area contributed by atoms with E-state index in [1.807, 2.05) is 57.2 Å². The summed E-state index contributed by atoms with van der Waals surface area (Å²) in [4.78, 5) is 44.8. The molecule has 2 N–H and O–H groups in total. The summed E-state index contributed by atoms with van der Waals surface area (Å²) in [6, 6.07) is 12.4. The molecular formula is C31H31N9O4S.